The molecule has 1 saturated heterocycles. The first kappa shape index (κ1) is 12.9. The standard InChI is InChI=1S/C13H18N2O3/c1-9-7-10(3-4-11(9)17-2)15-13(16)12-8-14-5-6-18-12/h3-4,7,12,14H,5-6,8H2,1-2H3,(H,15,16). The van der Waals surface area contributed by atoms with Crippen molar-refractivity contribution >= 4 is 11.6 Å². The summed E-state index contributed by atoms with van der Waals surface area (Å²) >= 11 is 0. The fraction of sp³-hybridized carbons (Fsp3) is 0.462. The van der Waals surface area contributed by atoms with Crippen molar-refractivity contribution < 1.29 is 14.3 Å². The van der Waals surface area contributed by atoms with Crippen molar-refractivity contribution in [3.05, 3.63) is 23.8 Å². The molecule has 1 amide bonds. The predicted molar refractivity (Wildman–Crippen MR) is 69.0 cm³/mol. The van der Waals surface area contributed by atoms with Gasteiger partial charge in [0.2, 0.25) is 0 Å². The SMILES string of the molecule is COc1ccc(NC(=O)C2CNCCO2)cc1C. The molecule has 98 valence electrons. The van der Waals surface area contributed by atoms with Crippen LogP contribution in [0.1, 0.15) is 5.56 Å². The van der Waals surface area contributed by atoms with Gasteiger partial charge in [0.05, 0.1) is 13.7 Å². The topological polar surface area (TPSA) is 59.6 Å². The van der Waals surface area contributed by atoms with Crippen LogP contribution >= 0.6 is 0 Å². The molecule has 1 aliphatic rings. The maximum Gasteiger partial charge on any atom is 0.254 e. The molecule has 2 N–H and O–H groups in total. The van der Waals surface area contributed by atoms with Crippen molar-refractivity contribution in [2.24, 2.45) is 0 Å². The molecule has 0 spiro atoms. The summed E-state index contributed by atoms with van der Waals surface area (Å²) in [5.74, 6) is 0.690. The Morgan fingerprint density at radius 2 is 2.39 bits per heavy atom. The van der Waals surface area contributed by atoms with Crippen LogP contribution in [-0.2, 0) is 9.53 Å². The Morgan fingerprint density at radius 1 is 1.56 bits per heavy atom. The largest absolute Gasteiger partial charge is 0.496 e. The average molecular weight is 250 g/mol. The average Bonchev–Trinajstić information content (AvgIpc) is 2.40. The minimum atomic E-state index is -0.416. The minimum absolute atomic E-state index is 0.119. The third-order valence-corrected chi connectivity index (χ3v) is 2.88. The quantitative estimate of drug-likeness (QED) is 0.838. The third-order valence-electron chi connectivity index (χ3n) is 2.88. The Bertz CT molecular complexity index is 428. The van der Waals surface area contributed by atoms with E-state index in [4.69, 9.17) is 9.47 Å². The van der Waals surface area contributed by atoms with E-state index in [1.54, 1.807) is 7.11 Å². The van der Waals surface area contributed by atoms with E-state index in [9.17, 15) is 4.79 Å². The van der Waals surface area contributed by atoms with Gasteiger partial charge in [0.1, 0.15) is 11.9 Å². The molecule has 0 aromatic heterocycles. The normalized spacial score (nSPS) is 19.3. The van der Waals surface area contributed by atoms with Gasteiger partial charge in [-0.15, -0.1) is 0 Å². The van der Waals surface area contributed by atoms with E-state index in [1.165, 1.54) is 0 Å². The summed E-state index contributed by atoms with van der Waals surface area (Å²) in [5.41, 5.74) is 1.74. The number of methoxy groups -OCH3 is 1. The summed E-state index contributed by atoms with van der Waals surface area (Å²) in [6.07, 6.45) is -0.416. The van der Waals surface area contributed by atoms with Crippen LogP contribution in [0.3, 0.4) is 0 Å². The lowest BCUT2D eigenvalue weighted by molar-refractivity contribution is -0.128. The van der Waals surface area contributed by atoms with Crippen LogP contribution in [0, 0.1) is 6.92 Å². The Kier molecular flexibility index (Phi) is 4.17. The maximum atomic E-state index is 11.9. The van der Waals surface area contributed by atoms with E-state index in [2.05, 4.69) is 10.6 Å². The van der Waals surface area contributed by atoms with Crippen LogP contribution in [0.15, 0.2) is 18.2 Å². The summed E-state index contributed by atoms with van der Waals surface area (Å²) < 4.78 is 10.6. The van der Waals surface area contributed by atoms with Gasteiger partial charge >= 0.3 is 0 Å². The number of aryl methyl sites for hydroxylation is 1. The fourth-order valence-electron chi connectivity index (χ4n) is 1.91. The molecule has 18 heavy (non-hydrogen) atoms. The number of carbonyl (C=O) groups is 1. The predicted octanol–water partition coefficient (Wildman–Crippen LogP) is 0.931. The summed E-state index contributed by atoms with van der Waals surface area (Å²) in [6.45, 7) is 3.86. The molecule has 0 saturated carbocycles. The van der Waals surface area contributed by atoms with Crippen LogP contribution in [0.5, 0.6) is 5.75 Å². The molecule has 1 fully saturated rings. The molecule has 1 aromatic carbocycles. The Labute approximate surface area is 106 Å². The number of morpholine rings is 1. The number of carbonyl (C=O) groups excluding carboxylic acids is 1. The lowest BCUT2D eigenvalue weighted by atomic mass is 10.2. The zero-order chi connectivity index (χ0) is 13.0. The number of anilines is 1. The number of hydrogen-bond donors (Lipinski definition) is 2. The Hall–Kier alpha value is -1.59. The van der Waals surface area contributed by atoms with Crippen LogP contribution < -0.4 is 15.4 Å². The highest BCUT2D eigenvalue weighted by atomic mass is 16.5. The van der Waals surface area contributed by atoms with Gasteiger partial charge in [0, 0.05) is 18.8 Å². The van der Waals surface area contributed by atoms with Gasteiger partial charge in [-0.2, -0.15) is 0 Å². The van der Waals surface area contributed by atoms with Gasteiger partial charge in [-0.25, -0.2) is 0 Å². The molecule has 0 radical (unpaired) electrons. The van der Waals surface area contributed by atoms with Crippen molar-refractivity contribution in [2.75, 3.05) is 32.1 Å². The first-order valence-electron chi connectivity index (χ1n) is 5.98. The summed E-state index contributed by atoms with van der Waals surface area (Å²) in [4.78, 5) is 11.9. The molecule has 1 atom stereocenters. The first-order valence-corrected chi connectivity index (χ1v) is 5.98. The van der Waals surface area contributed by atoms with Crippen molar-refractivity contribution in [1.82, 2.24) is 5.32 Å². The highest BCUT2D eigenvalue weighted by molar-refractivity contribution is 5.94. The van der Waals surface area contributed by atoms with Gasteiger partial charge in [0.25, 0.3) is 5.91 Å². The van der Waals surface area contributed by atoms with Gasteiger partial charge in [0.15, 0.2) is 0 Å². The molecule has 0 bridgehead atoms. The Morgan fingerprint density at radius 3 is 3.00 bits per heavy atom. The lowest BCUT2D eigenvalue weighted by Gasteiger charge is -2.22. The number of benzene rings is 1. The van der Waals surface area contributed by atoms with E-state index < -0.39 is 6.10 Å². The highest BCUT2D eigenvalue weighted by Crippen LogP contribution is 2.21. The number of rotatable bonds is 3. The number of ether oxygens (including phenoxy) is 2. The van der Waals surface area contributed by atoms with Crippen LogP contribution in [-0.4, -0.2) is 38.8 Å². The zero-order valence-corrected chi connectivity index (χ0v) is 10.7. The van der Waals surface area contributed by atoms with Crippen molar-refractivity contribution in [1.29, 1.82) is 0 Å². The number of amides is 1. The first-order chi connectivity index (χ1) is 8.70. The van der Waals surface area contributed by atoms with Crippen molar-refractivity contribution in [2.45, 2.75) is 13.0 Å². The van der Waals surface area contributed by atoms with Crippen LogP contribution in [0.25, 0.3) is 0 Å². The molecular formula is C13H18N2O3. The van der Waals surface area contributed by atoms with E-state index in [1.807, 2.05) is 25.1 Å². The third kappa shape index (κ3) is 3.00. The molecule has 2 rings (SSSR count). The summed E-state index contributed by atoms with van der Waals surface area (Å²) in [5, 5.41) is 5.97. The monoisotopic (exact) mass is 250 g/mol. The smallest absolute Gasteiger partial charge is 0.254 e. The maximum absolute atomic E-state index is 11.9. The zero-order valence-electron chi connectivity index (χ0n) is 10.7. The number of nitrogens with one attached hydrogen (secondary N) is 2. The molecule has 0 aliphatic carbocycles. The molecule has 1 unspecified atom stereocenters. The Balaban J connectivity index is 2.00. The fourth-order valence-corrected chi connectivity index (χ4v) is 1.91. The highest BCUT2D eigenvalue weighted by Gasteiger charge is 2.21. The molecule has 5 heteroatoms. The molecular weight excluding hydrogens is 232 g/mol. The van der Waals surface area contributed by atoms with Crippen molar-refractivity contribution in [3.8, 4) is 5.75 Å². The second kappa shape index (κ2) is 5.84. The van der Waals surface area contributed by atoms with E-state index in [0.29, 0.717) is 13.2 Å². The van der Waals surface area contributed by atoms with Crippen LogP contribution in [0.4, 0.5) is 5.69 Å². The van der Waals surface area contributed by atoms with Gasteiger partial charge in [-0.05, 0) is 30.7 Å². The van der Waals surface area contributed by atoms with Crippen LogP contribution in [0.2, 0.25) is 0 Å². The second-order valence-electron chi connectivity index (χ2n) is 4.24. The van der Waals surface area contributed by atoms with Gasteiger partial charge in [-0.3, -0.25) is 4.79 Å². The number of hydrogen-bond acceptors (Lipinski definition) is 4. The molecule has 1 aromatic rings. The molecule has 1 aliphatic heterocycles. The van der Waals surface area contributed by atoms with Gasteiger partial charge in [-0.1, -0.05) is 0 Å². The van der Waals surface area contributed by atoms with E-state index in [-0.39, 0.29) is 5.91 Å². The van der Waals surface area contributed by atoms with Gasteiger partial charge < -0.3 is 20.1 Å². The summed E-state index contributed by atoms with van der Waals surface area (Å²) in [6, 6.07) is 5.54. The minimum Gasteiger partial charge on any atom is -0.496 e. The second-order valence-corrected chi connectivity index (χ2v) is 4.24. The summed E-state index contributed by atoms with van der Waals surface area (Å²) in [7, 11) is 1.63. The lowest BCUT2D eigenvalue weighted by Crippen LogP contribution is -2.45. The van der Waals surface area contributed by atoms with Crippen molar-refractivity contribution in [3.63, 3.8) is 0 Å². The molecule has 1 heterocycles. The van der Waals surface area contributed by atoms with E-state index >= 15 is 0 Å². The van der Waals surface area contributed by atoms with E-state index in [0.717, 1.165) is 23.5 Å². The molecule has 5 nitrogen and oxygen atoms in total.